The summed E-state index contributed by atoms with van der Waals surface area (Å²) in [5.74, 6) is 2.92. The van der Waals surface area contributed by atoms with Crippen molar-refractivity contribution < 1.29 is 9.53 Å². The minimum absolute atomic E-state index is 0.0911. The molecule has 0 N–H and O–H groups in total. The van der Waals surface area contributed by atoms with Crippen molar-refractivity contribution >= 4 is 17.7 Å². The topological polar surface area (TPSA) is 29.5 Å². The number of hydrogen-bond acceptors (Lipinski definition) is 4. The summed E-state index contributed by atoms with van der Waals surface area (Å²) in [6.45, 7) is 7.05. The highest BCUT2D eigenvalue weighted by molar-refractivity contribution is 7.99. The second-order valence-electron chi connectivity index (χ2n) is 3.72. The lowest BCUT2D eigenvalue weighted by atomic mass is 10.2. The third-order valence-electron chi connectivity index (χ3n) is 2.18. The van der Waals surface area contributed by atoms with E-state index in [0.717, 1.165) is 18.8 Å². The summed E-state index contributed by atoms with van der Waals surface area (Å²) in [7, 11) is 0. The van der Waals surface area contributed by atoms with E-state index in [4.69, 9.17) is 4.74 Å². The van der Waals surface area contributed by atoms with Crippen LogP contribution in [-0.4, -0.2) is 48.6 Å². The normalized spacial score (nSPS) is 24.3. The zero-order valence-electron chi connectivity index (χ0n) is 8.99. The molecule has 1 aliphatic heterocycles. The molecule has 0 spiro atoms. The van der Waals surface area contributed by atoms with Crippen molar-refractivity contribution in [3.8, 4) is 0 Å². The van der Waals surface area contributed by atoms with Crippen LogP contribution in [-0.2, 0) is 9.53 Å². The third kappa shape index (κ3) is 4.33. The van der Waals surface area contributed by atoms with Crippen molar-refractivity contribution in [1.82, 2.24) is 4.90 Å². The Morgan fingerprint density at radius 2 is 2.43 bits per heavy atom. The van der Waals surface area contributed by atoms with Gasteiger partial charge < -0.3 is 4.74 Å². The number of esters is 1. The number of ether oxygens (including phenoxy) is 1. The van der Waals surface area contributed by atoms with Crippen LogP contribution < -0.4 is 0 Å². The molecular formula is C10H19NO2S. The Balaban J connectivity index is 2.31. The molecule has 3 nitrogen and oxygen atoms in total. The van der Waals surface area contributed by atoms with Gasteiger partial charge in [0.05, 0.1) is 13.2 Å². The Kier molecular flexibility index (Phi) is 5.33. The summed E-state index contributed by atoms with van der Waals surface area (Å²) in [5, 5.41) is 0. The van der Waals surface area contributed by atoms with Crippen LogP contribution in [0.3, 0.4) is 0 Å². The maximum absolute atomic E-state index is 11.3. The van der Waals surface area contributed by atoms with E-state index in [-0.39, 0.29) is 5.97 Å². The quantitative estimate of drug-likeness (QED) is 0.665. The molecule has 82 valence electrons. The number of carbonyl (C=O) groups is 1. The first kappa shape index (κ1) is 11.9. The van der Waals surface area contributed by atoms with E-state index < -0.39 is 0 Å². The predicted octanol–water partition coefficient (Wildman–Crippen LogP) is 1.23. The molecule has 1 rings (SSSR count). The second-order valence-corrected chi connectivity index (χ2v) is 4.87. The highest BCUT2D eigenvalue weighted by Crippen LogP contribution is 2.14. The van der Waals surface area contributed by atoms with Crippen molar-refractivity contribution in [1.29, 1.82) is 0 Å². The average molecular weight is 217 g/mol. The zero-order valence-corrected chi connectivity index (χ0v) is 9.81. The zero-order chi connectivity index (χ0) is 10.4. The van der Waals surface area contributed by atoms with Crippen LogP contribution in [0.2, 0.25) is 0 Å². The number of nitrogens with zero attached hydrogens (tertiary/aromatic N) is 1. The predicted molar refractivity (Wildman–Crippen MR) is 59.6 cm³/mol. The van der Waals surface area contributed by atoms with Crippen LogP contribution in [0.5, 0.6) is 0 Å². The summed E-state index contributed by atoms with van der Waals surface area (Å²) in [5.41, 5.74) is 0. The summed E-state index contributed by atoms with van der Waals surface area (Å²) >= 11 is 1.97. The largest absolute Gasteiger partial charge is 0.465 e. The number of carbonyl (C=O) groups excluding carboxylic acids is 1. The SMILES string of the molecule is CCOC(=O)CN1CCSCC(C)C1. The summed E-state index contributed by atoms with van der Waals surface area (Å²) in [6.07, 6.45) is 0. The van der Waals surface area contributed by atoms with Gasteiger partial charge in [-0.1, -0.05) is 6.92 Å². The van der Waals surface area contributed by atoms with Crippen LogP contribution in [0.15, 0.2) is 0 Å². The highest BCUT2D eigenvalue weighted by atomic mass is 32.2. The van der Waals surface area contributed by atoms with E-state index in [9.17, 15) is 4.79 Å². The van der Waals surface area contributed by atoms with Crippen LogP contribution in [0.1, 0.15) is 13.8 Å². The molecule has 4 heteroatoms. The Hall–Kier alpha value is -0.220. The van der Waals surface area contributed by atoms with Gasteiger partial charge in [0.1, 0.15) is 0 Å². The number of hydrogen-bond donors (Lipinski definition) is 0. The van der Waals surface area contributed by atoms with Crippen molar-refractivity contribution in [3.05, 3.63) is 0 Å². The van der Waals surface area contributed by atoms with Crippen molar-refractivity contribution in [2.45, 2.75) is 13.8 Å². The van der Waals surface area contributed by atoms with Crippen LogP contribution in [0.25, 0.3) is 0 Å². The first-order valence-electron chi connectivity index (χ1n) is 5.18. The molecule has 0 amide bonds. The van der Waals surface area contributed by atoms with Crippen LogP contribution >= 0.6 is 11.8 Å². The Morgan fingerprint density at radius 1 is 1.64 bits per heavy atom. The second kappa shape index (κ2) is 6.30. The Morgan fingerprint density at radius 3 is 3.14 bits per heavy atom. The maximum Gasteiger partial charge on any atom is 0.320 e. The van der Waals surface area contributed by atoms with E-state index in [1.165, 1.54) is 5.75 Å². The van der Waals surface area contributed by atoms with E-state index in [1.54, 1.807) is 0 Å². The van der Waals surface area contributed by atoms with Gasteiger partial charge >= 0.3 is 5.97 Å². The number of thioether (sulfide) groups is 1. The Labute approximate surface area is 90.2 Å². The molecular weight excluding hydrogens is 198 g/mol. The molecule has 0 saturated carbocycles. The standard InChI is InChI=1S/C10H19NO2S/c1-3-13-10(12)7-11-4-5-14-8-9(2)6-11/h9H,3-8H2,1-2H3. The van der Waals surface area contributed by atoms with E-state index in [0.29, 0.717) is 19.1 Å². The van der Waals surface area contributed by atoms with Gasteiger partial charge in [0.2, 0.25) is 0 Å². The van der Waals surface area contributed by atoms with E-state index >= 15 is 0 Å². The molecule has 1 heterocycles. The fourth-order valence-corrected chi connectivity index (χ4v) is 2.66. The van der Waals surface area contributed by atoms with Gasteiger partial charge in [0.15, 0.2) is 0 Å². The van der Waals surface area contributed by atoms with Gasteiger partial charge in [-0.2, -0.15) is 11.8 Å². The van der Waals surface area contributed by atoms with E-state index in [2.05, 4.69) is 11.8 Å². The van der Waals surface area contributed by atoms with Gasteiger partial charge in [0, 0.05) is 18.8 Å². The van der Waals surface area contributed by atoms with E-state index in [1.807, 2.05) is 18.7 Å². The third-order valence-corrected chi connectivity index (χ3v) is 3.46. The lowest BCUT2D eigenvalue weighted by Gasteiger charge is -2.20. The van der Waals surface area contributed by atoms with Crippen molar-refractivity contribution in [2.75, 3.05) is 37.7 Å². The molecule has 0 bridgehead atoms. The van der Waals surface area contributed by atoms with Crippen molar-refractivity contribution in [2.24, 2.45) is 5.92 Å². The molecule has 1 fully saturated rings. The molecule has 14 heavy (non-hydrogen) atoms. The molecule has 1 aliphatic rings. The van der Waals surface area contributed by atoms with Crippen LogP contribution in [0, 0.1) is 5.92 Å². The summed E-state index contributed by atoms with van der Waals surface area (Å²) < 4.78 is 4.93. The molecule has 0 aromatic heterocycles. The smallest absolute Gasteiger partial charge is 0.320 e. The first-order valence-corrected chi connectivity index (χ1v) is 6.33. The summed E-state index contributed by atoms with van der Waals surface area (Å²) in [6, 6.07) is 0. The lowest BCUT2D eigenvalue weighted by molar-refractivity contribution is -0.144. The molecule has 0 aromatic rings. The first-order chi connectivity index (χ1) is 6.72. The van der Waals surface area contributed by atoms with Gasteiger partial charge in [-0.15, -0.1) is 0 Å². The van der Waals surface area contributed by atoms with Gasteiger partial charge in [-0.25, -0.2) is 0 Å². The van der Waals surface area contributed by atoms with Crippen molar-refractivity contribution in [3.63, 3.8) is 0 Å². The Bertz CT molecular complexity index is 187. The molecule has 1 saturated heterocycles. The minimum Gasteiger partial charge on any atom is -0.465 e. The van der Waals surface area contributed by atoms with Gasteiger partial charge in [-0.05, 0) is 18.6 Å². The minimum atomic E-state index is -0.0911. The average Bonchev–Trinajstić information content (AvgIpc) is 2.30. The molecule has 0 radical (unpaired) electrons. The maximum atomic E-state index is 11.3. The monoisotopic (exact) mass is 217 g/mol. The fraction of sp³-hybridized carbons (Fsp3) is 0.900. The molecule has 0 aromatic carbocycles. The van der Waals surface area contributed by atoms with Gasteiger partial charge in [-0.3, -0.25) is 9.69 Å². The molecule has 0 aliphatic carbocycles. The summed E-state index contributed by atoms with van der Waals surface area (Å²) in [4.78, 5) is 13.5. The molecule has 1 unspecified atom stereocenters. The van der Waals surface area contributed by atoms with Crippen LogP contribution in [0.4, 0.5) is 0 Å². The highest BCUT2D eigenvalue weighted by Gasteiger charge is 2.17. The molecule has 1 atom stereocenters. The lowest BCUT2D eigenvalue weighted by Crippen LogP contribution is -2.34. The van der Waals surface area contributed by atoms with Gasteiger partial charge in [0.25, 0.3) is 0 Å². The fourth-order valence-electron chi connectivity index (χ4n) is 1.60. The number of rotatable bonds is 3.